The van der Waals surface area contributed by atoms with Crippen LogP contribution in [0.4, 0.5) is 0 Å². The van der Waals surface area contributed by atoms with E-state index in [0.29, 0.717) is 11.1 Å². The van der Waals surface area contributed by atoms with Crippen LogP contribution in [-0.2, 0) is 0 Å². The maximum atomic E-state index is 11.7. The largest absolute Gasteiger partial charge is 0.366 e. The number of carbonyl (C=O) groups excluding carboxylic acids is 2. The Labute approximate surface area is 92.8 Å². The Morgan fingerprint density at radius 1 is 1.31 bits per heavy atom. The molecule has 1 saturated carbocycles. The van der Waals surface area contributed by atoms with E-state index in [0.717, 1.165) is 6.42 Å². The van der Waals surface area contributed by atoms with Crippen molar-refractivity contribution < 1.29 is 9.59 Å². The molecule has 1 fully saturated rings. The number of rotatable bonds is 3. The molecular formula is C11H13N3O2. The van der Waals surface area contributed by atoms with Gasteiger partial charge in [-0.3, -0.25) is 9.59 Å². The van der Waals surface area contributed by atoms with E-state index in [4.69, 9.17) is 11.5 Å². The normalized spacial score (nSPS) is 22.6. The van der Waals surface area contributed by atoms with Crippen molar-refractivity contribution in [1.29, 1.82) is 0 Å². The van der Waals surface area contributed by atoms with Crippen molar-refractivity contribution in [2.45, 2.75) is 18.5 Å². The Kier molecular flexibility index (Phi) is 2.62. The molecule has 1 aliphatic carbocycles. The van der Waals surface area contributed by atoms with Crippen molar-refractivity contribution >= 4 is 11.8 Å². The van der Waals surface area contributed by atoms with Crippen LogP contribution in [0.2, 0.25) is 0 Å². The first-order valence-corrected chi connectivity index (χ1v) is 5.04. The first kappa shape index (κ1) is 10.6. The van der Waals surface area contributed by atoms with E-state index in [2.05, 4.69) is 5.32 Å². The highest BCUT2D eigenvalue weighted by Gasteiger charge is 2.34. The van der Waals surface area contributed by atoms with E-state index in [1.807, 2.05) is 0 Å². The molecular weight excluding hydrogens is 206 g/mol. The van der Waals surface area contributed by atoms with Gasteiger partial charge in [-0.2, -0.15) is 0 Å². The van der Waals surface area contributed by atoms with Gasteiger partial charge in [0, 0.05) is 23.2 Å². The lowest BCUT2D eigenvalue weighted by Gasteiger charge is -2.04. The molecule has 0 spiro atoms. The van der Waals surface area contributed by atoms with Gasteiger partial charge in [0.1, 0.15) is 0 Å². The molecule has 84 valence electrons. The lowest BCUT2D eigenvalue weighted by atomic mass is 10.1. The third-order valence-electron chi connectivity index (χ3n) is 2.57. The lowest BCUT2D eigenvalue weighted by molar-refractivity contribution is 0.0950. The second kappa shape index (κ2) is 3.94. The van der Waals surface area contributed by atoms with Gasteiger partial charge in [0.15, 0.2) is 0 Å². The van der Waals surface area contributed by atoms with Crippen LogP contribution in [0.3, 0.4) is 0 Å². The Morgan fingerprint density at radius 2 is 1.94 bits per heavy atom. The Hall–Kier alpha value is -1.88. The van der Waals surface area contributed by atoms with Gasteiger partial charge < -0.3 is 16.8 Å². The summed E-state index contributed by atoms with van der Waals surface area (Å²) in [5, 5.41) is 2.77. The van der Waals surface area contributed by atoms with E-state index in [1.165, 1.54) is 6.07 Å². The molecule has 0 saturated heterocycles. The fraction of sp³-hybridized carbons (Fsp3) is 0.273. The molecule has 1 aliphatic rings. The van der Waals surface area contributed by atoms with Crippen LogP contribution in [-0.4, -0.2) is 23.9 Å². The number of hydrogen-bond acceptors (Lipinski definition) is 3. The molecule has 5 N–H and O–H groups in total. The van der Waals surface area contributed by atoms with Gasteiger partial charge in [-0.1, -0.05) is 6.07 Å². The summed E-state index contributed by atoms with van der Waals surface area (Å²) >= 11 is 0. The molecule has 0 heterocycles. The highest BCUT2D eigenvalue weighted by atomic mass is 16.2. The number of benzene rings is 1. The second-order valence-electron chi connectivity index (χ2n) is 3.92. The monoisotopic (exact) mass is 219 g/mol. The summed E-state index contributed by atoms with van der Waals surface area (Å²) < 4.78 is 0. The third kappa shape index (κ3) is 2.20. The smallest absolute Gasteiger partial charge is 0.251 e. The highest BCUT2D eigenvalue weighted by Crippen LogP contribution is 2.18. The Morgan fingerprint density at radius 3 is 2.50 bits per heavy atom. The van der Waals surface area contributed by atoms with Crippen LogP contribution < -0.4 is 16.8 Å². The molecule has 0 bridgehead atoms. The van der Waals surface area contributed by atoms with Gasteiger partial charge in [0.25, 0.3) is 5.91 Å². The second-order valence-corrected chi connectivity index (χ2v) is 3.92. The van der Waals surface area contributed by atoms with Gasteiger partial charge in [0.2, 0.25) is 5.91 Å². The molecule has 5 nitrogen and oxygen atoms in total. The predicted molar refractivity (Wildman–Crippen MR) is 58.8 cm³/mol. The molecule has 0 aliphatic heterocycles. The molecule has 0 radical (unpaired) electrons. The zero-order chi connectivity index (χ0) is 11.7. The molecule has 16 heavy (non-hydrogen) atoms. The summed E-state index contributed by atoms with van der Waals surface area (Å²) in [6, 6.07) is 6.43. The minimum absolute atomic E-state index is 0.0586. The van der Waals surface area contributed by atoms with Crippen LogP contribution >= 0.6 is 0 Å². The summed E-state index contributed by atoms with van der Waals surface area (Å²) in [5.41, 5.74) is 11.5. The number of nitrogens with one attached hydrogen (secondary N) is 1. The van der Waals surface area contributed by atoms with Gasteiger partial charge in [-0.25, -0.2) is 0 Å². The van der Waals surface area contributed by atoms with Crippen molar-refractivity contribution in [1.82, 2.24) is 5.32 Å². The fourth-order valence-electron chi connectivity index (χ4n) is 1.45. The van der Waals surface area contributed by atoms with Crippen molar-refractivity contribution in [3.8, 4) is 0 Å². The van der Waals surface area contributed by atoms with Crippen LogP contribution in [0.25, 0.3) is 0 Å². The molecule has 0 aromatic heterocycles. The predicted octanol–water partition coefficient (Wildman–Crippen LogP) is -0.385. The van der Waals surface area contributed by atoms with Crippen molar-refractivity contribution in [2.24, 2.45) is 11.5 Å². The van der Waals surface area contributed by atoms with Crippen molar-refractivity contribution in [3.05, 3.63) is 35.4 Å². The fourth-order valence-corrected chi connectivity index (χ4v) is 1.45. The van der Waals surface area contributed by atoms with E-state index in [1.54, 1.807) is 18.2 Å². The SMILES string of the molecule is NC(=O)c1cccc(C(=O)NC2CC2N)c1. The summed E-state index contributed by atoms with van der Waals surface area (Å²) in [6.45, 7) is 0. The molecule has 2 rings (SSSR count). The minimum atomic E-state index is -0.544. The van der Waals surface area contributed by atoms with Crippen LogP contribution in [0.1, 0.15) is 27.1 Å². The molecule has 5 heteroatoms. The first-order chi connectivity index (χ1) is 7.58. The van der Waals surface area contributed by atoms with Gasteiger partial charge >= 0.3 is 0 Å². The summed E-state index contributed by atoms with van der Waals surface area (Å²) in [5.74, 6) is -0.765. The quantitative estimate of drug-likeness (QED) is 0.646. The van der Waals surface area contributed by atoms with Gasteiger partial charge in [0.05, 0.1) is 0 Å². The summed E-state index contributed by atoms with van der Waals surface area (Å²) in [7, 11) is 0. The topological polar surface area (TPSA) is 98.2 Å². The van der Waals surface area contributed by atoms with Crippen molar-refractivity contribution in [2.75, 3.05) is 0 Å². The lowest BCUT2D eigenvalue weighted by Crippen LogP contribution is -2.29. The molecule has 2 unspecified atom stereocenters. The summed E-state index contributed by atoms with van der Waals surface area (Å²) in [4.78, 5) is 22.6. The molecule has 1 aromatic carbocycles. The number of hydrogen-bond donors (Lipinski definition) is 3. The van der Waals surface area contributed by atoms with E-state index in [9.17, 15) is 9.59 Å². The van der Waals surface area contributed by atoms with Crippen LogP contribution in [0.5, 0.6) is 0 Å². The number of amides is 2. The van der Waals surface area contributed by atoms with E-state index < -0.39 is 5.91 Å². The van der Waals surface area contributed by atoms with E-state index in [-0.39, 0.29) is 18.0 Å². The molecule has 2 amide bonds. The number of nitrogens with two attached hydrogens (primary N) is 2. The Bertz CT molecular complexity index is 445. The maximum Gasteiger partial charge on any atom is 0.251 e. The van der Waals surface area contributed by atoms with Gasteiger partial charge in [-0.05, 0) is 24.6 Å². The zero-order valence-electron chi connectivity index (χ0n) is 8.64. The average Bonchev–Trinajstić information content (AvgIpc) is 2.94. The first-order valence-electron chi connectivity index (χ1n) is 5.04. The standard InChI is InChI=1S/C11H13N3O2/c12-8-5-9(8)14-11(16)7-3-1-2-6(4-7)10(13)15/h1-4,8-9H,5,12H2,(H2,13,15)(H,14,16). The molecule has 2 atom stereocenters. The number of primary amides is 1. The Balaban J connectivity index is 2.10. The summed E-state index contributed by atoms with van der Waals surface area (Å²) in [6.07, 6.45) is 0.807. The van der Waals surface area contributed by atoms with Gasteiger partial charge in [-0.15, -0.1) is 0 Å². The number of carbonyl (C=O) groups is 2. The molecule has 1 aromatic rings. The van der Waals surface area contributed by atoms with E-state index >= 15 is 0 Å². The highest BCUT2D eigenvalue weighted by molar-refractivity contribution is 5.99. The van der Waals surface area contributed by atoms with Crippen LogP contribution in [0.15, 0.2) is 24.3 Å². The average molecular weight is 219 g/mol. The minimum Gasteiger partial charge on any atom is -0.366 e. The van der Waals surface area contributed by atoms with Crippen LogP contribution in [0, 0.1) is 0 Å². The zero-order valence-corrected chi connectivity index (χ0v) is 8.64. The third-order valence-corrected chi connectivity index (χ3v) is 2.57. The maximum absolute atomic E-state index is 11.7. The van der Waals surface area contributed by atoms with Crippen molar-refractivity contribution in [3.63, 3.8) is 0 Å².